The number of benzene rings is 1. The Hall–Kier alpha value is -2.30. The Labute approximate surface area is 137 Å². The average molecular weight is 315 g/mol. The molecule has 2 rings (SSSR count). The van der Waals surface area contributed by atoms with E-state index in [1.807, 2.05) is 25.1 Å². The van der Waals surface area contributed by atoms with Crippen molar-refractivity contribution in [2.75, 3.05) is 19.4 Å². The van der Waals surface area contributed by atoms with Gasteiger partial charge in [-0.15, -0.1) is 0 Å². The van der Waals surface area contributed by atoms with Crippen LogP contribution in [-0.2, 0) is 4.79 Å². The van der Waals surface area contributed by atoms with Crippen molar-refractivity contribution in [3.05, 3.63) is 40.7 Å². The number of allylic oxidation sites excluding steroid dienone is 2. The molecule has 1 aromatic rings. The van der Waals surface area contributed by atoms with Gasteiger partial charge in [-0.25, -0.2) is 0 Å². The van der Waals surface area contributed by atoms with E-state index in [1.54, 1.807) is 19.0 Å². The molecular formula is C18H25N3O2. The van der Waals surface area contributed by atoms with Crippen LogP contribution in [0.4, 0.5) is 5.69 Å². The molecule has 1 atom stereocenters. The minimum atomic E-state index is -0.0252. The minimum Gasteiger partial charge on any atom is -0.378 e. The van der Waals surface area contributed by atoms with Crippen molar-refractivity contribution in [1.29, 1.82) is 0 Å². The first-order valence-corrected chi connectivity index (χ1v) is 7.96. The minimum absolute atomic E-state index is 0.0252. The highest BCUT2D eigenvalue weighted by atomic mass is 16.2. The number of carbonyl (C=O) groups excluding carboxylic acids is 2. The van der Waals surface area contributed by atoms with Gasteiger partial charge in [0.25, 0.3) is 5.91 Å². The van der Waals surface area contributed by atoms with E-state index in [0.29, 0.717) is 17.7 Å². The van der Waals surface area contributed by atoms with Crippen LogP contribution in [0.3, 0.4) is 0 Å². The fourth-order valence-electron chi connectivity index (χ4n) is 2.43. The summed E-state index contributed by atoms with van der Waals surface area (Å²) < 4.78 is 0. The number of nitrogens with zero attached hydrogens (tertiary/aromatic N) is 1. The first-order valence-electron chi connectivity index (χ1n) is 7.96. The summed E-state index contributed by atoms with van der Waals surface area (Å²) >= 11 is 0. The maximum absolute atomic E-state index is 12.2. The standard InChI is InChI=1S/C18H25N3O2/c1-6-11(2)19-17-15(10-16(17)22)20-14-9-7-8-13(12(14)3)18(23)21(4)5/h7-9,11,19-20H,6,10H2,1-5H3/t11-/m0/s1. The van der Waals surface area contributed by atoms with Crippen molar-refractivity contribution in [2.24, 2.45) is 0 Å². The number of amides is 1. The number of ketones is 1. The molecule has 0 radical (unpaired) electrons. The second-order valence-electron chi connectivity index (χ2n) is 6.21. The molecule has 0 aliphatic heterocycles. The number of Topliss-reactive ketones (excluding diaryl/α,β-unsaturated/α-hetero) is 1. The van der Waals surface area contributed by atoms with Gasteiger partial charge in [-0.05, 0) is 38.0 Å². The summed E-state index contributed by atoms with van der Waals surface area (Å²) in [5.41, 5.74) is 3.99. The molecule has 23 heavy (non-hydrogen) atoms. The van der Waals surface area contributed by atoms with Crippen molar-refractivity contribution in [3.8, 4) is 0 Å². The van der Waals surface area contributed by atoms with Crippen LogP contribution >= 0.6 is 0 Å². The molecule has 1 aromatic carbocycles. The summed E-state index contributed by atoms with van der Waals surface area (Å²) in [7, 11) is 3.48. The molecule has 0 aromatic heterocycles. The lowest BCUT2D eigenvalue weighted by Crippen LogP contribution is -2.37. The summed E-state index contributed by atoms with van der Waals surface area (Å²) in [6, 6.07) is 5.86. The normalized spacial score (nSPS) is 15.1. The van der Waals surface area contributed by atoms with Crippen LogP contribution in [-0.4, -0.2) is 36.7 Å². The molecule has 0 fully saturated rings. The highest BCUT2D eigenvalue weighted by molar-refractivity contribution is 6.05. The maximum Gasteiger partial charge on any atom is 0.253 e. The second-order valence-corrected chi connectivity index (χ2v) is 6.21. The monoisotopic (exact) mass is 315 g/mol. The zero-order valence-electron chi connectivity index (χ0n) is 14.5. The van der Waals surface area contributed by atoms with Gasteiger partial charge in [0.2, 0.25) is 0 Å². The second kappa shape index (κ2) is 6.86. The highest BCUT2D eigenvalue weighted by Gasteiger charge is 2.28. The number of anilines is 1. The summed E-state index contributed by atoms with van der Waals surface area (Å²) in [6.07, 6.45) is 1.36. The zero-order chi connectivity index (χ0) is 17.1. The lowest BCUT2D eigenvalue weighted by atomic mass is 9.96. The fourth-order valence-corrected chi connectivity index (χ4v) is 2.43. The molecule has 0 heterocycles. The predicted molar refractivity (Wildman–Crippen MR) is 92.4 cm³/mol. The van der Waals surface area contributed by atoms with Crippen LogP contribution in [0, 0.1) is 6.92 Å². The molecular weight excluding hydrogens is 290 g/mol. The molecule has 1 amide bonds. The van der Waals surface area contributed by atoms with Gasteiger partial charge >= 0.3 is 0 Å². The van der Waals surface area contributed by atoms with E-state index in [-0.39, 0.29) is 17.7 Å². The van der Waals surface area contributed by atoms with Crippen molar-refractivity contribution in [1.82, 2.24) is 10.2 Å². The van der Waals surface area contributed by atoms with E-state index < -0.39 is 0 Å². The molecule has 1 aliphatic carbocycles. The number of rotatable bonds is 6. The maximum atomic E-state index is 12.2. The number of carbonyl (C=O) groups is 2. The lowest BCUT2D eigenvalue weighted by molar-refractivity contribution is -0.117. The van der Waals surface area contributed by atoms with E-state index in [2.05, 4.69) is 24.5 Å². The van der Waals surface area contributed by atoms with Crippen molar-refractivity contribution >= 4 is 17.4 Å². The number of hydrogen-bond donors (Lipinski definition) is 2. The van der Waals surface area contributed by atoms with E-state index in [4.69, 9.17) is 0 Å². The average Bonchev–Trinajstić information content (AvgIpc) is 2.52. The van der Waals surface area contributed by atoms with E-state index in [0.717, 1.165) is 23.4 Å². The lowest BCUT2D eigenvalue weighted by Gasteiger charge is -2.28. The van der Waals surface area contributed by atoms with Crippen LogP contribution in [0.1, 0.15) is 42.6 Å². The van der Waals surface area contributed by atoms with Gasteiger partial charge in [-0.1, -0.05) is 13.0 Å². The molecule has 5 nitrogen and oxygen atoms in total. The third-order valence-corrected chi connectivity index (χ3v) is 4.18. The molecule has 0 saturated heterocycles. The molecule has 0 spiro atoms. The van der Waals surface area contributed by atoms with Crippen molar-refractivity contribution < 1.29 is 9.59 Å². The molecule has 5 heteroatoms. The molecule has 0 bridgehead atoms. The smallest absolute Gasteiger partial charge is 0.253 e. The zero-order valence-corrected chi connectivity index (χ0v) is 14.5. The SMILES string of the molecule is CC[C@H](C)NC1=C(Nc2cccc(C(=O)N(C)C)c2C)CC1=O. The Morgan fingerprint density at radius 2 is 2.04 bits per heavy atom. The van der Waals surface area contributed by atoms with Crippen molar-refractivity contribution in [3.63, 3.8) is 0 Å². The van der Waals surface area contributed by atoms with Crippen LogP contribution in [0.25, 0.3) is 0 Å². The fraction of sp³-hybridized carbons (Fsp3) is 0.444. The van der Waals surface area contributed by atoms with Gasteiger partial charge in [-0.2, -0.15) is 0 Å². The largest absolute Gasteiger partial charge is 0.378 e. The Morgan fingerprint density at radius 3 is 2.61 bits per heavy atom. The summed E-state index contributed by atoms with van der Waals surface area (Å²) in [5, 5.41) is 6.57. The summed E-state index contributed by atoms with van der Waals surface area (Å²) in [5.74, 6) is 0.105. The Bertz CT molecular complexity index is 662. The first-order chi connectivity index (χ1) is 10.8. The van der Waals surface area contributed by atoms with Crippen LogP contribution in [0.2, 0.25) is 0 Å². The van der Waals surface area contributed by atoms with Crippen LogP contribution < -0.4 is 10.6 Å². The molecule has 124 valence electrons. The van der Waals surface area contributed by atoms with Gasteiger partial charge in [0.15, 0.2) is 5.78 Å². The van der Waals surface area contributed by atoms with Crippen molar-refractivity contribution in [2.45, 2.75) is 39.7 Å². The van der Waals surface area contributed by atoms with Gasteiger partial charge < -0.3 is 15.5 Å². The third-order valence-electron chi connectivity index (χ3n) is 4.18. The first kappa shape index (κ1) is 17.1. The highest BCUT2D eigenvalue weighted by Crippen LogP contribution is 2.28. The molecule has 2 N–H and O–H groups in total. The third kappa shape index (κ3) is 3.55. The Morgan fingerprint density at radius 1 is 1.35 bits per heavy atom. The van der Waals surface area contributed by atoms with Crippen LogP contribution in [0.15, 0.2) is 29.6 Å². The van der Waals surface area contributed by atoms with Gasteiger partial charge in [0, 0.05) is 31.4 Å². The quantitative estimate of drug-likeness (QED) is 0.847. The molecule has 0 saturated carbocycles. The molecule has 0 unspecified atom stereocenters. The van der Waals surface area contributed by atoms with E-state index >= 15 is 0 Å². The summed E-state index contributed by atoms with van der Waals surface area (Å²) in [4.78, 5) is 25.6. The van der Waals surface area contributed by atoms with E-state index in [9.17, 15) is 9.59 Å². The summed E-state index contributed by atoms with van der Waals surface area (Å²) in [6.45, 7) is 6.05. The molecule has 1 aliphatic rings. The Kier molecular flexibility index (Phi) is 5.08. The topological polar surface area (TPSA) is 61.4 Å². The predicted octanol–water partition coefficient (Wildman–Crippen LogP) is 2.68. The number of nitrogens with one attached hydrogen (secondary N) is 2. The van der Waals surface area contributed by atoms with Crippen LogP contribution in [0.5, 0.6) is 0 Å². The Balaban J connectivity index is 2.25. The van der Waals surface area contributed by atoms with E-state index in [1.165, 1.54) is 0 Å². The van der Waals surface area contributed by atoms with Gasteiger partial charge in [0.1, 0.15) is 0 Å². The van der Waals surface area contributed by atoms with Gasteiger partial charge in [0.05, 0.1) is 17.8 Å². The van der Waals surface area contributed by atoms with Gasteiger partial charge in [-0.3, -0.25) is 9.59 Å². The number of hydrogen-bond acceptors (Lipinski definition) is 4.